The molecule has 340 valence electrons. The van der Waals surface area contributed by atoms with E-state index in [1.54, 1.807) is 0 Å². The summed E-state index contributed by atoms with van der Waals surface area (Å²) in [5.41, 5.74) is -0.647. The molecule has 2 aliphatic heterocycles. The van der Waals surface area contributed by atoms with Crippen LogP contribution in [0, 0.1) is 0 Å². The van der Waals surface area contributed by atoms with Gasteiger partial charge in [0.15, 0.2) is 6.23 Å². The molecule has 25 heteroatoms. The van der Waals surface area contributed by atoms with E-state index in [2.05, 4.69) is 39.0 Å². The van der Waals surface area contributed by atoms with Crippen molar-refractivity contribution in [2.24, 2.45) is 5.16 Å². The quantitative estimate of drug-likeness (QED) is 0.0247. The van der Waals surface area contributed by atoms with Gasteiger partial charge < -0.3 is 64.1 Å². The molecule has 23 nitrogen and oxygen atoms in total. The van der Waals surface area contributed by atoms with E-state index < -0.39 is 94.6 Å². The van der Waals surface area contributed by atoms with Crippen molar-refractivity contribution in [3.05, 3.63) is 81.1 Å². The smallest absolute Gasteiger partial charge is 0.394 e. The Morgan fingerprint density at radius 2 is 1.56 bits per heavy atom. The zero-order chi connectivity index (χ0) is 44.2. The van der Waals surface area contributed by atoms with Gasteiger partial charge in [-0.15, -0.1) is 0 Å². The molecule has 0 aliphatic carbocycles. The maximum atomic E-state index is 13.0. The number of H-pyrrole nitrogens is 1. The molecule has 1 aromatic heterocycles. The number of aromatic nitrogens is 2. The number of fused-ring (bicyclic) bond motifs is 1. The summed E-state index contributed by atoms with van der Waals surface area (Å²) in [6, 6.07) is 14.1. The Labute approximate surface area is 348 Å². The van der Waals surface area contributed by atoms with Crippen LogP contribution >= 0.6 is 15.6 Å². The van der Waals surface area contributed by atoms with E-state index in [1.807, 2.05) is 23.2 Å². The highest BCUT2D eigenvalue weighted by Gasteiger charge is 2.50. The number of phosphoric ester groups is 2. The Kier molecular flexibility index (Phi) is 18.3. The van der Waals surface area contributed by atoms with Crippen molar-refractivity contribution < 1.29 is 81.2 Å². The molecule has 2 fully saturated rings. The number of nitrogens with zero attached hydrogens (tertiary/aromatic N) is 2. The standard InChI is InChI=1S/C36H52N4O19P2/c1-3-25(58-61(49,50)59-60(47,48)55-21-27-31(43)33(45)35(57-27)40-11-10-28(41)39-36(40)46)34-29(37-2)32(44)30(42)26(56-34)19-38-54-17-16-52-13-12-51-14-15-53-20-22-8-9-23-6-4-5-7-24(23)18-22/h4-11,18-19,25-27,29-35,37,42-45H,3,12-17,20-21H2,1-2H3,(H,47,48)(H,49,50)(H,39,41,46)/b38-19-/t25?,26?,27-,29?,30+,31-,32?,33-,34-,35-/m1/s1. The van der Waals surface area contributed by atoms with E-state index >= 15 is 0 Å². The lowest BCUT2D eigenvalue weighted by atomic mass is 9.89. The molecule has 3 heterocycles. The fourth-order valence-electron chi connectivity index (χ4n) is 6.54. The number of aliphatic hydroxyl groups excluding tert-OH is 4. The minimum absolute atomic E-state index is 0.0103. The predicted octanol–water partition coefficient (Wildman–Crippen LogP) is -0.332. The lowest BCUT2D eigenvalue weighted by Gasteiger charge is -2.44. The summed E-state index contributed by atoms with van der Waals surface area (Å²) in [6.45, 7) is 2.55. The van der Waals surface area contributed by atoms with Crippen LogP contribution < -0.4 is 16.6 Å². The maximum Gasteiger partial charge on any atom is 0.481 e. The largest absolute Gasteiger partial charge is 0.481 e. The second-order valence-electron chi connectivity index (χ2n) is 13.8. The Balaban J connectivity index is 1.01. The molecule has 2 aliphatic rings. The Morgan fingerprint density at radius 3 is 2.25 bits per heavy atom. The third kappa shape index (κ3) is 13.8. The van der Waals surface area contributed by atoms with Gasteiger partial charge >= 0.3 is 21.3 Å². The van der Waals surface area contributed by atoms with Crippen LogP contribution in [0.4, 0.5) is 0 Å². The number of rotatable bonds is 24. The number of hydrogen-bond donors (Lipinski definition) is 8. The van der Waals surface area contributed by atoms with Crippen LogP contribution in [0.3, 0.4) is 0 Å². The molecular weight excluding hydrogens is 854 g/mol. The van der Waals surface area contributed by atoms with Crippen molar-refractivity contribution in [3.8, 4) is 0 Å². The molecule has 0 saturated carbocycles. The fraction of sp³-hybridized carbons (Fsp3) is 0.583. The summed E-state index contributed by atoms with van der Waals surface area (Å²) < 4.78 is 68.9. The Morgan fingerprint density at radius 1 is 0.869 bits per heavy atom. The van der Waals surface area contributed by atoms with Crippen LogP contribution in [0.25, 0.3) is 10.8 Å². The van der Waals surface area contributed by atoms with Gasteiger partial charge in [0.1, 0.15) is 49.3 Å². The van der Waals surface area contributed by atoms with Gasteiger partial charge in [-0.2, -0.15) is 4.31 Å². The lowest BCUT2D eigenvalue weighted by Crippen LogP contribution is -2.65. The van der Waals surface area contributed by atoms with Crippen molar-refractivity contribution >= 4 is 32.6 Å². The summed E-state index contributed by atoms with van der Waals surface area (Å²) in [5.74, 6) is 0. The number of aromatic amines is 1. The molecule has 61 heavy (non-hydrogen) atoms. The number of ether oxygens (including phenoxy) is 5. The van der Waals surface area contributed by atoms with E-state index in [9.17, 15) is 48.9 Å². The van der Waals surface area contributed by atoms with Crippen LogP contribution in [0.1, 0.15) is 25.1 Å². The number of phosphoric acid groups is 2. The zero-order valence-electron chi connectivity index (χ0n) is 33.2. The molecular formula is C36H52N4O19P2. The van der Waals surface area contributed by atoms with Gasteiger partial charge in [0.25, 0.3) is 5.56 Å². The molecule has 0 spiro atoms. The molecule has 5 rings (SSSR count). The zero-order valence-corrected chi connectivity index (χ0v) is 35.0. The highest BCUT2D eigenvalue weighted by molar-refractivity contribution is 7.61. The van der Waals surface area contributed by atoms with Crippen LogP contribution in [0.15, 0.2) is 69.5 Å². The number of aliphatic hydroxyl groups is 4. The van der Waals surface area contributed by atoms with Gasteiger partial charge in [0, 0.05) is 12.3 Å². The lowest BCUT2D eigenvalue weighted by molar-refractivity contribution is -0.184. The van der Waals surface area contributed by atoms with Gasteiger partial charge in [-0.05, 0) is 35.9 Å². The third-order valence-corrected chi connectivity index (χ3v) is 12.3. The van der Waals surface area contributed by atoms with Gasteiger partial charge in [-0.25, -0.2) is 13.9 Å². The normalized spacial score (nSPS) is 28.2. The minimum atomic E-state index is -5.48. The van der Waals surface area contributed by atoms with Crippen molar-refractivity contribution in [2.75, 3.05) is 53.3 Å². The predicted molar refractivity (Wildman–Crippen MR) is 212 cm³/mol. The van der Waals surface area contributed by atoms with Crippen LogP contribution in [-0.4, -0.2) is 154 Å². The Bertz CT molecular complexity index is 2090. The van der Waals surface area contributed by atoms with Crippen molar-refractivity contribution in [1.82, 2.24) is 14.9 Å². The third-order valence-electron chi connectivity index (χ3n) is 9.59. The average molecular weight is 907 g/mol. The number of likely N-dealkylation sites (N-methyl/N-ethyl adjacent to an activating group) is 1. The van der Waals surface area contributed by atoms with Gasteiger partial charge in [0.2, 0.25) is 0 Å². The maximum absolute atomic E-state index is 13.0. The SMILES string of the molecule is CCC(OP(=O)(O)OP(=O)(O)OC[C@H]1O[C@@H](n2ccc(=O)[nH]c2=O)[C@H](O)[C@@H]1O)[C@H]1OC(/C=N\OCCOCCOCCOCc2ccc3ccccc3c2)[C@H](O)C(O)C1NC. The van der Waals surface area contributed by atoms with Crippen molar-refractivity contribution in [3.63, 3.8) is 0 Å². The molecule has 8 N–H and O–H groups in total. The molecule has 6 unspecified atom stereocenters. The molecule has 2 saturated heterocycles. The van der Waals surface area contributed by atoms with Gasteiger partial charge in [0.05, 0.1) is 64.6 Å². The van der Waals surface area contributed by atoms with E-state index in [0.717, 1.165) is 34.0 Å². The van der Waals surface area contributed by atoms with E-state index in [1.165, 1.54) is 19.4 Å². The van der Waals surface area contributed by atoms with Gasteiger partial charge in [-0.3, -0.25) is 23.4 Å². The molecule has 2 aromatic carbocycles. The van der Waals surface area contributed by atoms with Crippen molar-refractivity contribution in [1.29, 1.82) is 0 Å². The fourth-order valence-corrected chi connectivity index (χ4v) is 8.87. The molecule has 0 bridgehead atoms. The summed E-state index contributed by atoms with van der Waals surface area (Å²) in [7, 11) is -9.53. The first kappa shape index (κ1) is 48.7. The summed E-state index contributed by atoms with van der Waals surface area (Å²) >= 11 is 0. The molecule has 3 aromatic rings. The summed E-state index contributed by atoms with van der Waals surface area (Å²) in [4.78, 5) is 51.4. The first-order valence-corrected chi connectivity index (χ1v) is 22.2. The number of hydrogen-bond acceptors (Lipinski definition) is 19. The highest BCUT2D eigenvalue weighted by Crippen LogP contribution is 2.61. The molecule has 0 radical (unpaired) electrons. The minimum Gasteiger partial charge on any atom is -0.394 e. The Hall–Kier alpha value is -3.29. The van der Waals surface area contributed by atoms with Gasteiger partial charge in [-0.1, -0.05) is 48.5 Å². The number of oxime groups is 1. The van der Waals surface area contributed by atoms with Crippen LogP contribution in [0.5, 0.6) is 0 Å². The highest BCUT2D eigenvalue weighted by atomic mass is 31.3. The monoisotopic (exact) mass is 906 g/mol. The second kappa shape index (κ2) is 22.9. The van der Waals surface area contributed by atoms with Crippen LogP contribution in [0.2, 0.25) is 0 Å². The molecule has 12 atom stereocenters. The number of nitrogens with one attached hydrogen (secondary N) is 2. The number of benzene rings is 2. The van der Waals surface area contributed by atoms with E-state index in [-0.39, 0.29) is 26.2 Å². The van der Waals surface area contributed by atoms with Crippen molar-refractivity contribution in [2.45, 2.75) is 81.1 Å². The van der Waals surface area contributed by atoms with E-state index in [0.29, 0.717) is 26.4 Å². The van der Waals surface area contributed by atoms with E-state index in [4.69, 9.17) is 37.6 Å². The van der Waals surface area contributed by atoms with Crippen LogP contribution in [-0.2, 0) is 57.6 Å². The summed E-state index contributed by atoms with van der Waals surface area (Å²) in [5, 5.41) is 51.2. The first-order valence-electron chi connectivity index (χ1n) is 19.2. The summed E-state index contributed by atoms with van der Waals surface area (Å²) in [6.07, 6.45) is -11.7. The first-order chi connectivity index (χ1) is 29.1. The average Bonchev–Trinajstić information content (AvgIpc) is 3.50. The second-order valence-corrected chi connectivity index (χ2v) is 16.8. The molecule has 0 amide bonds. The topological polar surface area (TPSA) is 318 Å².